The van der Waals surface area contributed by atoms with Crippen molar-refractivity contribution in [2.45, 2.75) is 0 Å². The van der Waals surface area contributed by atoms with E-state index in [1.165, 1.54) is 0 Å². The van der Waals surface area contributed by atoms with Crippen LogP contribution in [0.5, 0.6) is 0 Å². The topological polar surface area (TPSA) is 15.7 Å². The van der Waals surface area contributed by atoms with Gasteiger partial charge in [0.25, 0.3) is 0 Å². The first kappa shape index (κ1) is 6.01. The van der Waals surface area contributed by atoms with Crippen LogP contribution < -0.4 is 0 Å². The summed E-state index contributed by atoms with van der Waals surface area (Å²) in [6, 6.07) is 0. The van der Waals surface area contributed by atoms with Crippen molar-refractivity contribution in [2.24, 2.45) is 0 Å². The standard InChI is InChI=1S/C5H12N2O/c1-6-3-4-7(2)8-5-6/h3-5H2,1-2H3. The van der Waals surface area contributed by atoms with Crippen LogP contribution >= 0.6 is 0 Å². The molecular formula is C5H12N2O. The van der Waals surface area contributed by atoms with Gasteiger partial charge in [0, 0.05) is 20.1 Å². The summed E-state index contributed by atoms with van der Waals surface area (Å²) in [5, 5.41) is 1.86. The lowest BCUT2D eigenvalue weighted by Crippen LogP contribution is -2.40. The molecule has 0 saturated carbocycles. The SMILES string of the molecule is CN1CCN(C)OC1. The van der Waals surface area contributed by atoms with Crippen molar-refractivity contribution in [3.8, 4) is 0 Å². The number of likely N-dealkylation sites (N-methyl/N-ethyl adjacent to an activating group) is 2. The van der Waals surface area contributed by atoms with Gasteiger partial charge in [-0.05, 0) is 7.05 Å². The molecule has 1 aliphatic rings. The summed E-state index contributed by atoms with van der Waals surface area (Å²) in [5.74, 6) is 0. The Labute approximate surface area is 49.8 Å². The van der Waals surface area contributed by atoms with Crippen LogP contribution in [0.15, 0.2) is 0 Å². The van der Waals surface area contributed by atoms with E-state index in [4.69, 9.17) is 4.84 Å². The Kier molecular flexibility index (Phi) is 1.83. The molecule has 0 N–H and O–H groups in total. The van der Waals surface area contributed by atoms with Gasteiger partial charge in [-0.25, -0.2) is 0 Å². The molecule has 0 spiro atoms. The molecule has 0 radical (unpaired) electrons. The minimum Gasteiger partial charge on any atom is -0.284 e. The predicted octanol–water partition coefficient (Wildman–Crippen LogP) is -0.247. The minimum atomic E-state index is 0.733. The Hall–Kier alpha value is -0.120. The van der Waals surface area contributed by atoms with Gasteiger partial charge in [-0.2, -0.15) is 5.06 Å². The van der Waals surface area contributed by atoms with Crippen molar-refractivity contribution >= 4 is 0 Å². The number of hydroxylamine groups is 2. The Morgan fingerprint density at radius 3 is 2.38 bits per heavy atom. The zero-order chi connectivity index (χ0) is 5.98. The number of hydrogen-bond donors (Lipinski definition) is 0. The van der Waals surface area contributed by atoms with Crippen LogP contribution in [0.2, 0.25) is 0 Å². The molecule has 48 valence electrons. The van der Waals surface area contributed by atoms with Gasteiger partial charge in [-0.15, -0.1) is 0 Å². The predicted molar refractivity (Wildman–Crippen MR) is 31.2 cm³/mol. The maximum atomic E-state index is 5.15. The van der Waals surface area contributed by atoms with E-state index in [-0.39, 0.29) is 0 Å². The third-order valence-corrected chi connectivity index (χ3v) is 1.30. The average molecular weight is 116 g/mol. The molecule has 3 heteroatoms. The fraction of sp³-hybridized carbons (Fsp3) is 1.00. The molecule has 1 rings (SSSR count). The van der Waals surface area contributed by atoms with Crippen LogP contribution in [-0.2, 0) is 4.84 Å². The smallest absolute Gasteiger partial charge is 0.121 e. The van der Waals surface area contributed by atoms with Gasteiger partial charge >= 0.3 is 0 Å². The molecule has 0 unspecified atom stereocenters. The highest BCUT2D eigenvalue weighted by molar-refractivity contribution is 4.50. The second-order valence-corrected chi connectivity index (χ2v) is 2.19. The van der Waals surface area contributed by atoms with E-state index in [2.05, 4.69) is 4.90 Å². The first-order chi connectivity index (χ1) is 3.79. The summed E-state index contributed by atoms with van der Waals surface area (Å²) in [4.78, 5) is 7.29. The Bertz CT molecular complexity index is 58.8. The van der Waals surface area contributed by atoms with Crippen molar-refractivity contribution in [3.63, 3.8) is 0 Å². The van der Waals surface area contributed by atoms with E-state index in [1.54, 1.807) is 0 Å². The summed E-state index contributed by atoms with van der Waals surface area (Å²) in [6.45, 7) is 2.85. The van der Waals surface area contributed by atoms with Crippen molar-refractivity contribution in [1.82, 2.24) is 9.96 Å². The van der Waals surface area contributed by atoms with Crippen LogP contribution in [0.25, 0.3) is 0 Å². The molecule has 3 nitrogen and oxygen atoms in total. The quantitative estimate of drug-likeness (QED) is 0.434. The molecular weight excluding hydrogens is 104 g/mol. The molecule has 0 aromatic rings. The van der Waals surface area contributed by atoms with E-state index in [0.29, 0.717) is 0 Å². The van der Waals surface area contributed by atoms with E-state index in [0.717, 1.165) is 19.8 Å². The van der Waals surface area contributed by atoms with Gasteiger partial charge < -0.3 is 0 Å². The van der Waals surface area contributed by atoms with E-state index in [9.17, 15) is 0 Å². The first-order valence-corrected chi connectivity index (χ1v) is 2.81. The Morgan fingerprint density at radius 2 is 2.00 bits per heavy atom. The summed E-state index contributed by atoms with van der Waals surface area (Å²) in [5.41, 5.74) is 0. The molecule has 0 aromatic carbocycles. The third kappa shape index (κ3) is 1.43. The maximum Gasteiger partial charge on any atom is 0.121 e. The fourth-order valence-corrected chi connectivity index (χ4v) is 0.638. The normalized spacial score (nSPS) is 26.2. The van der Waals surface area contributed by atoms with E-state index in [1.807, 2.05) is 19.2 Å². The second kappa shape index (κ2) is 2.44. The second-order valence-electron chi connectivity index (χ2n) is 2.19. The summed E-state index contributed by atoms with van der Waals surface area (Å²) >= 11 is 0. The van der Waals surface area contributed by atoms with Gasteiger partial charge in [0.1, 0.15) is 6.73 Å². The zero-order valence-corrected chi connectivity index (χ0v) is 5.42. The van der Waals surface area contributed by atoms with Crippen molar-refractivity contribution in [2.75, 3.05) is 33.9 Å². The Morgan fingerprint density at radius 1 is 1.25 bits per heavy atom. The van der Waals surface area contributed by atoms with Crippen LogP contribution in [-0.4, -0.2) is 43.9 Å². The highest BCUT2D eigenvalue weighted by atomic mass is 16.7. The molecule has 1 saturated heterocycles. The van der Waals surface area contributed by atoms with Crippen LogP contribution in [0.1, 0.15) is 0 Å². The molecule has 1 heterocycles. The first-order valence-electron chi connectivity index (χ1n) is 2.81. The lowest BCUT2D eigenvalue weighted by molar-refractivity contribution is -0.203. The highest BCUT2D eigenvalue weighted by Crippen LogP contribution is 1.95. The number of nitrogens with zero attached hydrogens (tertiary/aromatic N) is 2. The van der Waals surface area contributed by atoms with Gasteiger partial charge in [0.2, 0.25) is 0 Å². The van der Waals surface area contributed by atoms with Crippen LogP contribution in [0.3, 0.4) is 0 Å². The molecule has 1 aliphatic heterocycles. The molecule has 0 bridgehead atoms. The van der Waals surface area contributed by atoms with Crippen LogP contribution in [0.4, 0.5) is 0 Å². The lowest BCUT2D eigenvalue weighted by atomic mass is 10.5. The molecule has 8 heavy (non-hydrogen) atoms. The van der Waals surface area contributed by atoms with Crippen LogP contribution in [0, 0.1) is 0 Å². The van der Waals surface area contributed by atoms with Gasteiger partial charge in [-0.3, -0.25) is 9.74 Å². The minimum absolute atomic E-state index is 0.733. The third-order valence-electron chi connectivity index (χ3n) is 1.30. The molecule has 0 atom stereocenters. The van der Waals surface area contributed by atoms with Crippen molar-refractivity contribution in [1.29, 1.82) is 0 Å². The Balaban J connectivity index is 2.19. The highest BCUT2D eigenvalue weighted by Gasteiger charge is 2.08. The molecule has 1 fully saturated rings. The zero-order valence-electron chi connectivity index (χ0n) is 5.42. The number of rotatable bonds is 0. The molecule has 0 aliphatic carbocycles. The average Bonchev–Trinajstić information content (AvgIpc) is 1.77. The van der Waals surface area contributed by atoms with Crippen molar-refractivity contribution < 1.29 is 4.84 Å². The molecule has 0 amide bonds. The van der Waals surface area contributed by atoms with Crippen molar-refractivity contribution in [3.05, 3.63) is 0 Å². The summed E-state index contributed by atoms with van der Waals surface area (Å²) < 4.78 is 0. The monoisotopic (exact) mass is 116 g/mol. The summed E-state index contributed by atoms with van der Waals surface area (Å²) in [7, 11) is 4.00. The van der Waals surface area contributed by atoms with E-state index < -0.39 is 0 Å². The van der Waals surface area contributed by atoms with Gasteiger partial charge in [0.15, 0.2) is 0 Å². The lowest BCUT2D eigenvalue weighted by Gasteiger charge is -2.28. The number of hydrogen-bond acceptors (Lipinski definition) is 3. The maximum absolute atomic E-state index is 5.15. The fourth-order valence-electron chi connectivity index (χ4n) is 0.638. The largest absolute Gasteiger partial charge is 0.284 e. The van der Waals surface area contributed by atoms with Gasteiger partial charge in [0.05, 0.1) is 0 Å². The molecule has 0 aromatic heterocycles. The summed E-state index contributed by atoms with van der Waals surface area (Å²) in [6.07, 6.45) is 0. The van der Waals surface area contributed by atoms with Gasteiger partial charge in [-0.1, -0.05) is 0 Å². The van der Waals surface area contributed by atoms with E-state index >= 15 is 0 Å².